The van der Waals surface area contributed by atoms with E-state index in [-0.39, 0.29) is 10.6 Å². The van der Waals surface area contributed by atoms with Crippen molar-refractivity contribution in [3.05, 3.63) is 58.5 Å². The number of benzene rings is 1. The van der Waals surface area contributed by atoms with Crippen molar-refractivity contribution >= 4 is 27.0 Å². The second-order valence-electron chi connectivity index (χ2n) is 4.62. The second-order valence-corrected chi connectivity index (χ2v) is 5.54. The Labute approximate surface area is 124 Å². The van der Waals surface area contributed by atoms with Crippen molar-refractivity contribution in [3.63, 3.8) is 0 Å². The molecule has 0 saturated heterocycles. The largest absolute Gasteiger partial charge is 0.468 e. The van der Waals surface area contributed by atoms with Crippen LogP contribution < -0.4 is 5.76 Å². The Morgan fingerprint density at radius 3 is 2.90 bits per heavy atom. The summed E-state index contributed by atoms with van der Waals surface area (Å²) < 4.78 is 12.4. The molecular formula is C15H14BrNO3. The van der Waals surface area contributed by atoms with Gasteiger partial charge in [0.25, 0.3) is 0 Å². The molecule has 3 aromatic rings. The molecule has 2 heterocycles. The van der Waals surface area contributed by atoms with Gasteiger partial charge in [-0.25, -0.2) is 4.79 Å². The number of aryl methyl sites for hydroxylation is 1. The Kier molecular flexibility index (Phi) is 3.53. The lowest BCUT2D eigenvalue weighted by Crippen LogP contribution is -2.13. The molecule has 1 unspecified atom stereocenters. The fourth-order valence-electron chi connectivity index (χ4n) is 2.28. The minimum Gasteiger partial charge on any atom is -0.468 e. The van der Waals surface area contributed by atoms with E-state index in [2.05, 4.69) is 15.9 Å². The van der Waals surface area contributed by atoms with Crippen molar-refractivity contribution < 1.29 is 8.83 Å². The summed E-state index contributed by atoms with van der Waals surface area (Å²) in [6, 6.07) is 9.53. The van der Waals surface area contributed by atoms with Gasteiger partial charge in [-0.05, 0) is 36.2 Å². The number of hydrogen-bond donors (Lipinski definition) is 0. The van der Waals surface area contributed by atoms with Gasteiger partial charge in [-0.3, -0.25) is 4.57 Å². The van der Waals surface area contributed by atoms with Gasteiger partial charge < -0.3 is 8.83 Å². The van der Waals surface area contributed by atoms with E-state index in [1.807, 2.05) is 37.3 Å². The van der Waals surface area contributed by atoms with Gasteiger partial charge in [-0.2, -0.15) is 0 Å². The van der Waals surface area contributed by atoms with Crippen LogP contribution in [0.5, 0.6) is 0 Å². The lowest BCUT2D eigenvalue weighted by molar-refractivity contribution is 0.502. The van der Waals surface area contributed by atoms with Gasteiger partial charge in [0.05, 0.1) is 16.6 Å². The van der Waals surface area contributed by atoms with Crippen molar-refractivity contribution in [2.75, 3.05) is 0 Å². The molecule has 0 aliphatic rings. The number of halogens is 1. The van der Waals surface area contributed by atoms with Gasteiger partial charge >= 0.3 is 5.76 Å². The summed E-state index contributed by atoms with van der Waals surface area (Å²) >= 11 is 3.59. The third kappa shape index (κ3) is 2.22. The molecule has 4 nitrogen and oxygen atoms in total. The summed E-state index contributed by atoms with van der Waals surface area (Å²) in [6.07, 6.45) is 2.53. The number of fused-ring (bicyclic) bond motifs is 1. The van der Waals surface area contributed by atoms with Crippen LogP contribution in [-0.2, 0) is 6.54 Å². The van der Waals surface area contributed by atoms with Crippen LogP contribution in [0.2, 0.25) is 0 Å². The highest BCUT2D eigenvalue weighted by Gasteiger charge is 2.16. The lowest BCUT2D eigenvalue weighted by Gasteiger charge is -2.07. The van der Waals surface area contributed by atoms with Gasteiger partial charge in [-0.1, -0.05) is 28.9 Å². The van der Waals surface area contributed by atoms with Crippen molar-refractivity contribution in [1.82, 2.24) is 4.57 Å². The van der Waals surface area contributed by atoms with Crippen LogP contribution in [0.4, 0.5) is 0 Å². The Balaban J connectivity index is 2.06. The average Bonchev–Trinajstić information content (AvgIpc) is 3.07. The first kappa shape index (κ1) is 13.2. The molecule has 20 heavy (non-hydrogen) atoms. The number of nitrogens with zero attached hydrogens (tertiary/aromatic N) is 1. The van der Waals surface area contributed by atoms with E-state index in [1.54, 1.807) is 10.8 Å². The summed E-state index contributed by atoms with van der Waals surface area (Å²) in [4.78, 5) is 11.8. The Hall–Kier alpha value is -1.75. The van der Waals surface area contributed by atoms with Crippen molar-refractivity contribution in [3.8, 4) is 0 Å². The predicted octanol–water partition coefficient (Wildman–Crippen LogP) is 4.08. The second kappa shape index (κ2) is 5.32. The van der Waals surface area contributed by atoms with Crippen LogP contribution in [0, 0.1) is 0 Å². The Bertz CT molecular complexity index is 770. The minimum atomic E-state index is -0.303. The van der Waals surface area contributed by atoms with E-state index in [0.29, 0.717) is 12.1 Å². The molecule has 104 valence electrons. The van der Waals surface area contributed by atoms with Gasteiger partial charge in [-0.15, -0.1) is 0 Å². The smallest absolute Gasteiger partial charge is 0.419 e. The number of oxazole rings is 1. The fourth-order valence-corrected chi connectivity index (χ4v) is 2.82. The van der Waals surface area contributed by atoms with Crippen molar-refractivity contribution in [2.24, 2.45) is 0 Å². The maximum Gasteiger partial charge on any atom is 0.419 e. The summed E-state index contributed by atoms with van der Waals surface area (Å²) in [5.74, 6) is 0.516. The quantitative estimate of drug-likeness (QED) is 0.675. The number of alkyl halides is 1. The molecule has 0 amide bonds. The first-order valence-electron chi connectivity index (χ1n) is 6.51. The van der Waals surface area contributed by atoms with E-state index in [1.165, 1.54) is 0 Å². The molecule has 2 aromatic heterocycles. The number of hydrogen-bond acceptors (Lipinski definition) is 3. The molecule has 0 N–H and O–H groups in total. The summed E-state index contributed by atoms with van der Waals surface area (Å²) in [6.45, 7) is 2.70. The molecule has 0 bridgehead atoms. The lowest BCUT2D eigenvalue weighted by atomic mass is 10.1. The first-order valence-corrected chi connectivity index (χ1v) is 7.43. The zero-order valence-corrected chi connectivity index (χ0v) is 12.6. The average molecular weight is 336 g/mol. The molecule has 0 saturated carbocycles. The van der Waals surface area contributed by atoms with E-state index >= 15 is 0 Å². The van der Waals surface area contributed by atoms with E-state index < -0.39 is 0 Å². The first-order chi connectivity index (χ1) is 9.70. The van der Waals surface area contributed by atoms with E-state index in [0.717, 1.165) is 23.3 Å². The Morgan fingerprint density at radius 1 is 1.35 bits per heavy atom. The summed E-state index contributed by atoms with van der Waals surface area (Å²) in [5.41, 5.74) is 2.43. The third-order valence-corrected chi connectivity index (χ3v) is 4.21. The van der Waals surface area contributed by atoms with Gasteiger partial charge in [0, 0.05) is 6.54 Å². The van der Waals surface area contributed by atoms with Gasteiger partial charge in [0.1, 0.15) is 5.76 Å². The minimum absolute atomic E-state index is 0.0540. The van der Waals surface area contributed by atoms with Crippen LogP contribution >= 0.6 is 15.9 Å². The standard InChI is InChI=1S/C15H14BrNO3/c1-2-7-17-11-6-5-10(9-13(11)20-15(17)18)14(16)12-4-3-8-19-12/h3-6,8-9,14H,2,7H2,1H3. The molecule has 1 atom stereocenters. The van der Waals surface area contributed by atoms with Gasteiger partial charge in [0.15, 0.2) is 5.58 Å². The van der Waals surface area contributed by atoms with Crippen LogP contribution in [0.15, 0.2) is 50.2 Å². The molecule has 0 aliphatic heterocycles. The van der Waals surface area contributed by atoms with E-state index in [4.69, 9.17) is 8.83 Å². The predicted molar refractivity (Wildman–Crippen MR) is 80.2 cm³/mol. The molecule has 0 radical (unpaired) electrons. The number of rotatable bonds is 4. The number of aromatic nitrogens is 1. The summed E-state index contributed by atoms with van der Waals surface area (Å²) in [7, 11) is 0. The van der Waals surface area contributed by atoms with Crippen LogP contribution in [0.3, 0.4) is 0 Å². The highest BCUT2D eigenvalue weighted by atomic mass is 79.9. The molecule has 3 rings (SSSR count). The molecule has 5 heteroatoms. The van der Waals surface area contributed by atoms with E-state index in [9.17, 15) is 4.79 Å². The molecule has 1 aromatic carbocycles. The zero-order valence-electron chi connectivity index (χ0n) is 11.0. The molecule has 0 spiro atoms. The number of furan rings is 1. The third-order valence-electron chi connectivity index (χ3n) is 3.23. The fraction of sp³-hybridized carbons (Fsp3) is 0.267. The van der Waals surface area contributed by atoms with Crippen molar-refractivity contribution in [2.45, 2.75) is 24.7 Å². The zero-order chi connectivity index (χ0) is 14.1. The van der Waals surface area contributed by atoms with Crippen LogP contribution in [0.25, 0.3) is 11.1 Å². The van der Waals surface area contributed by atoms with Crippen LogP contribution in [-0.4, -0.2) is 4.57 Å². The monoisotopic (exact) mass is 335 g/mol. The summed E-state index contributed by atoms with van der Waals surface area (Å²) in [5, 5.41) is 0. The molecule has 0 fully saturated rings. The molecular weight excluding hydrogens is 322 g/mol. The SMILES string of the molecule is CCCn1c(=O)oc2cc(C(Br)c3ccco3)ccc21. The maximum atomic E-state index is 11.8. The van der Waals surface area contributed by atoms with Crippen molar-refractivity contribution in [1.29, 1.82) is 0 Å². The maximum absolute atomic E-state index is 11.8. The molecule has 0 aliphatic carbocycles. The van der Waals surface area contributed by atoms with Gasteiger partial charge in [0.2, 0.25) is 0 Å². The van der Waals surface area contributed by atoms with Crippen LogP contribution in [0.1, 0.15) is 29.5 Å². The highest BCUT2D eigenvalue weighted by Crippen LogP contribution is 2.32. The normalized spacial score (nSPS) is 12.9. The Morgan fingerprint density at radius 2 is 2.20 bits per heavy atom. The highest BCUT2D eigenvalue weighted by molar-refractivity contribution is 9.09. The topological polar surface area (TPSA) is 48.3 Å².